The van der Waals surface area contributed by atoms with E-state index in [0.29, 0.717) is 41.3 Å². The molecule has 0 radical (unpaired) electrons. The minimum Gasteiger partial charge on any atom is -0.340 e. The molecule has 0 unspecified atom stereocenters. The average molecular weight is 450 g/mol. The Bertz CT molecular complexity index is 1230. The van der Waals surface area contributed by atoms with Crippen molar-refractivity contribution in [3.05, 3.63) is 59.1 Å². The van der Waals surface area contributed by atoms with Crippen LogP contribution in [0, 0.1) is 12.7 Å². The summed E-state index contributed by atoms with van der Waals surface area (Å²) < 4.78 is 15.4. The molecule has 3 aromatic rings. The van der Waals surface area contributed by atoms with Crippen LogP contribution in [-0.4, -0.2) is 62.3 Å². The highest BCUT2D eigenvalue weighted by molar-refractivity contribution is 5.99. The summed E-state index contributed by atoms with van der Waals surface area (Å²) in [5.74, 6) is 0.316. The zero-order valence-corrected chi connectivity index (χ0v) is 19.1. The molecule has 7 nitrogen and oxygen atoms in total. The van der Waals surface area contributed by atoms with Crippen molar-refractivity contribution in [2.24, 2.45) is 7.05 Å². The van der Waals surface area contributed by atoms with E-state index in [1.807, 2.05) is 28.3 Å². The fraction of sp³-hybridized carbons (Fsp3) is 0.440. The first-order chi connectivity index (χ1) is 15.9. The molecule has 1 atom stereocenters. The standard InChI is InChI=1S/C25H28FN5O2/c1-16-20(24(32)30-9-3-4-10-30)14-27-23(28-16)17-6-5-11-31(15-17)25(33)22-13-18-12-19(26)7-8-21(18)29(22)2/h7-8,12-14,17H,3-6,9-11,15H2,1-2H3/t17-/m1/s1. The molecular weight excluding hydrogens is 421 g/mol. The van der Waals surface area contributed by atoms with Crippen LogP contribution < -0.4 is 0 Å². The predicted molar refractivity (Wildman–Crippen MR) is 123 cm³/mol. The Morgan fingerprint density at radius 3 is 2.55 bits per heavy atom. The van der Waals surface area contributed by atoms with E-state index >= 15 is 0 Å². The molecule has 33 heavy (non-hydrogen) atoms. The molecule has 2 fully saturated rings. The first-order valence-electron chi connectivity index (χ1n) is 11.6. The maximum atomic E-state index is 13.6. The Labute approximate surface area is 192 Å². The highest BCUT2D eigenvalue weighted by atomic mass is 19.1. The summed E-state index contributed by atoms with van der Waals surface area (Å²) in [6.07, 6.45) is 5.48. The van der Waals surface area contributed by atoms with Gasteiger partial charge in [-0.25, -0.2) is 14.4 Å². The van der Waals surface area contributed by atoms with Crippen LogP contribution in [-0.2, 0) is 7.05 Å². The van der Waals surface area contributed by atoms with Gasteiger partial charge in [0.25, 0.3) is 11.8 Å². The molecule has 0 aliphatic carbocycles. The van der Waals surface area contributed by atoms with E-state index in [-0.39, 0.29) is 23.5 Å². The second kappa shape index (κ2) is 8.57. The molecule has 2 aromatic heterocycles. The summed E-state index contributed by atoms with van der Waals surface area (Å²) >= 11 is 0. The smallest absolute Gasteiger partial charge is 0.270 e. The number of hydrogen-bond acceptors (Lipinski definition) is 4. The number of aryl methyl sites for hydroxylation is 2. The Hall–Kier alpha value is -3.29. The number of nitrogens with zero attached hydrogens (tertiary/aromatic N) is 5. The van der Waals surface area contributed by atoms with Crippen LogP contribution in [0.15, 0.2) is 30.5 Å². The number of carbonyl (C=O) groups is 2. The van der Waals surface area contributed by atoms with Crippen LogP contribution in [0.5, 0.6) is 0 Å². The molecular formula is C25H28FN5O2. The van der Waals surface area contributed by atoms with Crippen molar-refractivity contribution in [3.63, 3.8) is 0 Å². The number of rotatable bonds is 3. The van der Waals surface area contributed by atoms with E-state index in [4.69, 9.17) is 0 Å². The molecule has 8 heteroatoms. The Kier molecular flexibility index (Phi) is 5.60. The SMILES string of the molecule is Cc1nc([C@@H]2CCCN(C(=O)c3cc4cc(F)ccc4n3C)C2)ncc1C(=O)N1CCCC1. The number of amides is 2. The van der Waals surface area contributed by atoms with E-state index < -0.39 is 0 Å². The normalized spacial score (nSPS) is 18.8. The molecule has 0 saturated carbocycles. The topological polar surface area (TPSA) is 71.3 Å². The number of carbonyl (C=O) groups excluding carboxylic acids is 2. The number of aromatic nitrogens is 3. The molecule has 1 aromatic carbocycles. The van der Waals surface area contributed by atoms with Gasteiger partial charge in [-0.2, -0.15) is 0 Å². The van der Waals surface area contributed by atoms with E-state index in [9.17, 15) is 14.0 Å². The monoisotopic (exact) mass is 449 g/mol. The lowest BCUT2D eigenvalue weighted by Gasteiger charge is -2.32. The van der Waals surface area contributed by atoms with Gasteiger partial charge in [0, 0.05) is 56.2 Å². The van der Waals surface area contributed by atoms with Crippen LogP contribution in [0.3, 0.4) is 0 Å². The second-order valence-corrected chi connectivity index (χ2v) is 9.11. The molecule has 2 amide bonds. The van der Waals surface area contributed by atoms with Crippen LogP contribution in [0.25, 0.3) is 10.9 Å². The van der Waals surface area contributed by atoms with E-state index in [1.54, 1.807) is 18.3 Å². The minimum atomic E-state index is -0.315. The number of piperidine rings is 1. The van der Waals surface area contributed by atoms with Crippen molar-refractivity contribution in [2.75, 3.05) is 26.2 Å². The van der Waals surface area contributed by atoms with E-state index in [0.717, 1.165) is 44.3 Å². The maximum Gasteiger partial charge on any atom is 0.270 e. The fourth-order valence-electron chi connectivity index (χ4n) is 5.04. The van der Waals surface area contributed by atoms with Crippen LogP contribution in [0.1, 0.15) is 64.0 Å². The third kappa shape index (κ3) is 3.98. The zero-order chi connectivity index (χ0) is 23.1. The summed E-state index contributed by atoms with van der Waals surface area (Å²) in [4.78, 5) is 39.0. The molecule has 2 aliphatic rings. The molecule has 0 bridgehead atoms. The maximum absolute atomic E-state index is 13.6. The van der Waals surface area contributed by atoms with E-state index in [2.05, 4.69) is 9.97 Å². The molecule has 172 valence electrons. The average Bonchev–Trinajstić information content (AvgIpc) is 3.46. The van der Waals surface area contributed by atoms with Crippen molar-refractivity contribution in [3.8, 4) is 0 Å². The summed E-state index contributed by atoms with van der Waals surface area (Å²) in [5, 5.41) is 0.714. The van der Waals surface area contributed by atoms with Gasteiger partial charge in [-0.3, -0.25) is 9.59 Å². The molecule has 2 aliphatic heterocycles. The number of fused-ring (bicyclic) bond motifs is 1. The van der Waals surface area contributed by atoms with Gasteiger partial charge in [0.15, 0.2) is 0 Å². The van der Waals surface area contributed by atoms with Crippen molar-refractivity contribution >= 4 is 22.7 Å². The fourth-order valence-corrected chi connectivity index (χ4v) is 5.04. The van der Waals surface area contributed by atoms with Gasteiger partial charge in [0.2, 0.25) is 0 Å². The predicted octanol–water partition coefficient (Wildman–Crippen LogP) is 3.67. The summed E-state index contributed by atoms with van der Waals surface area (Å²) in [5.41, 5.74) is 2.62. The van der Waals surface area contributed by atoms with Gasteiger partial charge in [-0.1, -0.05) is 0 Å². The van der Waals surface area contributed by atoms with Crippen LogP contribution >= 0.6 is 0 Å². The summed E-state index contributed by atoms with van der Waals surface area (Å²) in [6, 6.07) is 6.31. The van der Waals surface area contributed by atoms with Crippen LogP contribution in [0.2, 0.25) is 0 Å². The lowest BCUT2D eigenvalue weighted by atomic mass is 9.96. The number of likely N-dealkylation sites (tertiary alicyclic amines) is 2. The number of halogens is 1. The molecule has 0 N–H and O–H groups in total. The summed E-state index contributed by atoms with van der Waals surface area (Å²) in [7, 11) is 1.83. The van der Waals surface area contributed by atoms with Crippen molar-refractivity contribution in [2.45, 2.75) is 38.5 Å². The molecule has 5 rings (SSSR count). The van der Waals surface area contributed by atoms with Crippen molar-refractivity contribution < 1.29 is 14.0 Å². The van der Waals surface area contributed by atoms with Gasteiger partial charge in [-0.15, -0.1) is 0 Å². The first kappa shape index (κ1) is 21.6. The number of hydrogen-bond donors (Lipinski definition) is 0. The van der Waals surface area contributed by atoms with E-state index in [1.165, 1.54) is 12.1 Å². The Balaban J connectivity index is 1.34. The molecule has 0 spiro atoms. The molecule has 4 heterocycles. The number of benzene rings is 1. The Morgan fingerprint density at radius 2 is 1.79 bits per heavy atom. The highest BCUT2D eigenvalue weighted by Gasteiger charge is 2.30. The minimum absolute atomic E-state index is 0.00390. The lowest BCUT2D eigenvalue weighted by Crippen LogP contribution is -2.40. The zero-order valence-electron chi connectivity index (χ0n) is 19.1. The quantitative estimate of drug-likeness (QED) is 0.612. The van der Waals surface area contributed by atoms with Crippen LogP contribution in [0.4, 0.5) is 4.39 Å². The van der Waals surface area contributed by atoms with Gasteiger partial charge in [-0.05, 0) is 56.9 Å². The second-order valence-electron chi connectivity index (χ2n) is 9.11. The largest absolute Gasteiger partial charge is 0.340 e. The third-order valence-electron chi connectivity index (χ3n) is 6.92. The highest BCUT2D eigenvalue weighted by Crippen LogP contribution is 2.28. The van der Waals surface area contributed by atoms with Crippen molar-refractivity contribution in [1.82, 2.24) is 24.3 Å². The van der Waals surface area contributed by atoms with Gasteiger partial charge < -0.3 is 14.4 Å². The van der Waals surface area contributed by atoms with Gasteiger partial charge >= 0.3 is 0 Å². The van der Waals surface area contributed by atoms with Crippen molar-refractivity contribution in [1.29, 1.82) is 0 Å². The first-order valence-corrected chi connectivity index (χ1v) is 11.6. The Morgan fingerprint density at radius 1 is 1.03 bits per heavy atom. The third-order valence-corrected chi connectivity index (χ3v) is 6.92. The molecule has 2 saturated heterocycles. The van der Waals surface area contributed by atoms with Gasteiger partial charge in [0.05, 0.1) is 11.3 Å². The summed E-state index contributed by atoms with van der Waals surface area (Å²) in [6.45, 7) is 4.62. The lowest BCUT2D eigenvalue weighted by molar-refractivity contribution is 0.0695. The van der Waals surface area contributed by atoms with Gasteiger partial charge in [0.1, 0.15) is 17.3 Å².